The van der Waals surface area contributed by atoms with Crippen molar-refractivity contribution in [1.82, 2.24) is 0 Å². The standard InChI is InChI=1S/C12H20O6/c1-2-3-4-7-17-8-9-18-11(14)6-5-10(13)12(15)16/h2-9H2,1H3,(H,15,16). The van der Waals surface area contributed by atoms with Crippen LogP contribution in [0.1, 0.15) is 39.0 Å². The molecule has 6 heteroatoms. The molecule has 6 nitrogen and oxygen atoms in total. The van der Waals surface area contributed by atoms with E-state index in [0.717, 1.165) is 19.3 Å². The highest BCUT2D eigenvalue weighted by Gasteiger charge is 2.13. The van der Waals surface area contributed by atoms with Crippen LogP contribution in [0.5, 0.6) is 0 Å². The molecule has 18 heavy (non-hydrogen) atoms. The van der Waals surface area contributed by atoms with E-state index in [2.05, 4.69) is 6.92 Å². The number of rotatable bonds is 11. The van der Waals surface area contributed by atoms with Crippen molar-refractivity contribution < 1.29 is 29.0 Å². The Morgan fingerprint density at radius 1 is 1.00 bits per heavy atom. The SMILES string of the molecule is CCCCCOCCOC(=O)CCC(=O)C(=O)O. The van der Waals surface area contributed by atoms with E-state index in [-0.39, 0.29) is 19.4 Å². The fourth-order valence-corrected chi connectivity index (χ4v) is 1.17. The molecule has 1 N–H and O–H groups in total. The van der Waals surface area contributed by atoms with Gasteiger partial charge in [-0.05, 0) is 6.42 Å². The highest BCUT2D eigenvalue weighted by atomic mass is 16.6. The molecule has 104 valence electrons. The summed E-state index contributed by atoms with van der Waals surface area (Å²) >= 11 is 0. The van der Waals surface area contributed by atoms with E-state index >= 15 is 0 Å². The van der Waals surface area contributed by atoms with Crippen LogP contribution >= 0.6 is 0 Å². The van der Waals surface area contributed by atoms with Gasteiger partial charge in [0, 0.05) is 13.0 Å². The lowest BCUT2D eigenvalue weighted by Gasteiger charge is -2.05. The molecule has 0 rings (SSSR count). The van der Waals surface area contributed by atoms with Crippen molar-refractivity contribution in [2.75, 3.05) is 19.8 Å². The van der Waals surface area contributed by atoms with E-state index in [1.54, 1.807) is 0 Å². The van der Waals surface area contributed by atoms with Gasteiger partial charge in [0.25, 0.3) is 0 Å². The number of unbranched alkanes of at least 4 members (excludes halogenated alkanes) is 2. The number of hydrogen-bond donors (Lipinski definition) is 1. The van der Waals surface area contributed by atoms with Gasteiger partial charge in [0.15, 0.2) is 0 Å². The zero-order valence-corrected chi connectivity index (χ0v) is 10.6. The second-order valence-electron chi connectivity index (χ2n) is 3.77. The molecule has 0 aliphatic rings. The molecule has 0 aliphatic carbocycles. The Morgan fingerprint density at radius 2 is 1.72 bits per heavy atom. The van der Waals surface area contributed by atoms with Crippen LogP contribution in [0.4, 0.5) is 0 Å². The first-order valence-corrected chi connectivity index (χ1v) is 6.07. The first-order valence-electron chi connectivity index (χ1n) is 6.07. The molecule has 0 aliphatic heterocycles. The van der Waals surface area contributed by atoms with Crippen molar-refractivity contribution in [3.8, 4) is 0 Å². The average Bonchev–Trinajstić information content (AvgIpc) is 2.34. The maximum Gasteiger partial charge on any atom is 0.372 e. The summed E-state index contributed by atoms with van der Waals surface area (Å²) in [5, 5.41) is 8.29. The second kappa shape index (κ2) is 10.7. The lowest BCUT2D eigenvalue weighted by atomic mass is 10.2. The lowest BCUT2D eigenvalue weighted by Crippen LogP contribution is -2.16. The van der Waals surface area contributed by atoms with Gasteiger partial charge in [0.1, 0.15) is 6.61 Å². The first-order chi connectivity index (χ1) is 8.57. The van der Waals surface area contributed by atoms with Gasteiger partial charge in [0.2, 0.25) is 5.78 Å². The predicted octanol–water partition coefficient (Wildman–Crippen LogP) is 1.17. The van der Waals surface area contributed by atoms with Gasteiger partial charge >= 0.3 is 11.9 Å². The zero-order chi connectivity index (χ0) is 13.8. The van der Waals surface area contributed by atoms with E-state index in [1.165, 1.54) is 0 Å². The van der Waals surface area contributed by atoms with Gasteiger partial charge in [-0.3, -0.25) is 9.59 Å². The van der Waals surface area contributed by atoms with Crippen molar-refractivity contribution in [2.24, 2.45) is 0 Å². The largest absolute Gasteiger partial charge is 0.476 e. The monoisotopic (exact) mass is 260 g/mol. The molecule has 0 unspecified atom stereocenters. The number of carbonyl (C=O) groups is 3. The van der Waals surface area contributed by atoms with Gasteiger partial charge in [-0.25, -0.2) is 4.79 Å². The Morgan fingerprint density at radius 3 is 2.33 bits per heavy atom. The smallest absolute Gasteiger partial charge is 0.372 e. The van der Waals surface area contributed by atoms with Crippen LogP contribution < -0.4 is 0 Å². The fraction of sp³-hybridized carbons (Fsp3) is 0.750. The lowest BCUT2D eigenvalue weighted by molar-refractivity contribution is -0.151. The molecule has 0 saturated carbocycles. The molecular weight excluding hydrogens is 240 g/mol. The molecule has 0 fully saturated rings. The molecule has 0 amide bonds. The topological polar surface area (TPSA) is 89.9 Å². The molecule has 0 bridgehead atoms. The maximum absolute atomic E-state index is 11.1. The van der Waals surface area contributed by atoms with Gasteiger partial charge in [-0.2, -0.15) is 0 Å². The number of ether oxygens (including phenoxy) is 2. The average molecular weight is 260 g/mol. The highest BCUT2D eigenvalue weighted by molar-refractivity contribution is 6.32. The normalized spacial score (nSPS) is 10.1. The van der Waals surface area contributed by atoms with E-state index < -0.39 is 17.7 Å². The Bertz CT molecular complexity index is 274. The summed E-state index contributed by atoms with van der Waals surface area (Å²) in [7, 11) is 0. The highest BCUT2D eigenvalue weighted by Crippen LogP contribution is 1.96. The molecule has 0 aromatic rings. The maximum atomic E-state index is 11.1. The molecular formula is C12H20O6. The third-order valence-corrected chi connectivity index (χ3v) is 2.18. The third kappa shape index (κ3) is 9.77. The van der Waals surface area contributed by atoms with Gasteiger partial charge < -0.3 is 14.6 Å². The summed E-state index contributed by atoms with van der Waals surface area (Å²) in [6.07, 6.45) is 2.68. The predicted molar refractivity (Wildman–Crippen MR) is 63.2 cm³/mol. The van der Waals surface area contributed by atoms with E-state index in [9.17, 15) is 14.4 Å². The van der Waals surface area contributed by atoms with Gasteiger partial charge in [0.05, 0.1) is 13.0 Å². The van der Waals surface area contributed by atoms with Crippen LogP contribution in [0.2, 0.25) is 0 Å². The summed E-state index contributed by atoms with van der Waals surface area (Å²) in [4.78, 5) is 31.9. The summed E-state index contributed by atoms with van der Waals surface area (Å²) in [6.45, 7) is 3.19. The number of ketones is 1. The van der Waals surface area contributed by atoms with Crippen molar-refractivity contribution >= 4 is 17.7 Å². The Labute approximate surface area is 106 Å². The van der Waals surface area contributed by atoms with Crippen molar-refractivity contribution in [3.05, 3.63) is 0 Å². The zero-order valence-electron chi connectivity index (χ0n) is 10.6. The first kappa shape index (κ1) is 16.6. The van der Waals surface area contributed by atoms with Crippen molar-refractivity contribution in [3.63, 3.8) is 0 Å². The van der Waals surface area contributed by atoms with Crippen molar-refractivity contribution in [2.45, 2.75) is 39.0 Å². The van der Waals surface area contributed by atoms with Crippen LogP contribution in [0.25, 0.3) is 0 Å². The number of Topliss-reactive ketones (excluding diaryl/α,β-unsaturated/α-hetero) is 1. The minimum atomic E-state index is -1.53. The molecule has 0 saturated heterocycles. The van der Waals surface area contributed by atoms with E-state index in [1.807, 2.05) is 0 Å². The van der Waals surface area contributed by atoms with Crippen LogP contribution in [-0.2, 0) is 23.9 Å². The van der Waals surface area contributed by atoms with Crippen LogP contribution in [0.15, 0.2) is 0 Å². The van der Waals surface area contributed by atoms with Crippen LogP contribution in [0.3, 0.4) is 0 Å². The quantitative estimate of drug-likeness (QED) is 0.341. The molecule has 0 heterocycles. The van der Waals surface area contributed by atoms with E-state index in [0.29, 0.717) is 13.2 Å². The van der Waals surface area contributed by atoms with E-state index in [4.69, 9.17) is 14.6 Å². The molecule has 0 atom stereocenters. The Kier molecular flexibility index (Phi) is 9.86. The number of esters is 1. The number of aliphatic carboxylic acids is 1. The third-order valence-electron chi connectivity index (χ3n) is 2.18. The number of carboxylic acids is 1. The Balaban J connectivity index is 3.37. The van der Waals surface area contributed by atoms with Crippen LogP contribution in [-0.4, -0.2) is 42.6 Å². The summed E-state index contributed by atoms with van der Waals surface area (Å²) in [6, 6.07) is 0. The van der Waals surface area contributed by atoms with Gasteiger partial charge in [-0.1, -0.05) is 19.8 Å². The molecule has 0 aromatic heterocycles. The fourth-order valence-electron chi connectivity index (χ4n) is 1.17. The summed E-state index contributed by atoms with van der Waals surface area (Å²) in [5.41, 5.74) is 0. The number of carboxylic acid groups (broad SMARTS) is 1. The molecule has 0 radical (unpaired) electrons. The minimum absolute atomic E-state index is 0.131. The van der Waals surface area contributed by atoms with Crippen LogP contribution in [0, 0.1) is 0 Å². The molecule has 0 aromatic carbocycles. The summed E-state index contributed by atoms with van der Waals surface area (Å²) in [5.74, 6) is -3.09. The minimum Gasteiger partial charge on any atom is -0.476 e. The number of hydrogen-bond acceptors (Lipinski definition) is 5. The number of carbonyl (C=O) groups excluding carboxylic acids is 2. The summed E-state index contributed by atoms with van der Waals surface area (Å²) < 4.78 is 9.98. The Hall–Kier alpha value is -1.43. The second-order valence-corrected chi connectivity index (χ2v) is 3.77. The van der Waals surface area contributed by atoms with Gasteiger partial charge in [-0.15, -0.1) is 0 Å². The van der Waals surface area contributed by atoms with Crippen molar-refractivity contribution in [1.29, 1.82) is 0 Å². The molecule has 0 spiro atoms.